The summed E-state index contributed by atoms with van der Waals surface area (Å²) in [5, 5.41) is 3.94. The molecule has 124 valence electrons. The first-order chi connectivity index (χ1) is 11.1. The molecule has 1 N–H and O–H groups in total. The molecule has 0 fully saturated rings. The van der Waals surface area contributed by atoms with Crippen LogP contribution in [0.5, 0.6) is 11.5 Å². The van der Waals surface area contributed by atoms with Crippen molar-refractivity contribution in [1.29, 1.82) is 0 Å². The van der Waals surface area contributed by atoms with E-state index < -0.39 is 0 Å². The Balaban J connectivity index is 1.99. The second kappa shape index (κ2) is 8.75. The van der Waals surface area contributed by atoms with Gasteiger partial charge in [0.25, 0.3) is 0 Å². The molecule has 0 spiro atoms. The van der Waals surface area contributed by atoms with Gasteiger partial charge in [0.15, 0.2) is 11.5 Å². The zero-order valence-corrected chi connectivity index (χ0v) is 14.6. The van der Waals surface area contributed by atoms with Gasteiger partial charge in [-0.05, 0) is 37.1 Å². The molecule has 0 aliphatic rings. The number of nitrogens with one attached hydrogen (secondary N) is 1. The minimum absolute atomic E-state index is 0.422. The third kappa shape index (κ3) is 5.41. The molecule has 23 heavy (non-hydrogen) atoms. The lowest BCUT2D eigenvalue weighted by Gasteiger charge is -2.14. The number of nitrogens with zero attached hydrogens (tertiary/aromatic N) is 1. The Morgan fingerprint density at radius 1 is 1.17 bits per heavy atom. The molecule has 1 unspecified atom stereocenters. The molecule has 0 amide bonds. The average Bonchev–Trinajstić information content (AvgIpc) is 2.59. The Hall–Kier alpha value is -1.78. The maximum Gasteiger partial charge on any atom is 0.161 e. The molecule has 1 aromatic carbocycles. The number of methoxy groups -OCH3 is 1. The second-order valence-corrected chi connectivity index (χ2v) is 5.84. The van der Waals surface area contributed by atoms with Crippen molar-refractivity contribution >= 4 is 11.6 Å². The molecule has 5 heteroatoms. The maximum atomic E-state index is 5.83. The lowest BCUT2D eigenvalue weighted by atomic mass is 10.1. The molecule has 0 saturated heterocycles. The van der Waals surface area contributed by atoms with Gasteiger partial charge in [-0.3, -0.25) is 0 Å². The van der Waals surface area contributed by atoms with E-state index in [1.165, 1.54) is 5.56 Å². The van der Waals surface area contributed by atoms with Crippen molar-refractivity contribution in [3.63, 3.8) is 0 Å². The van der Waals surface area contributed by atoms with Crippen molar-refractivity contribution in [3.05, 3.63) is 52.8 Å². The van der Waals surface area contributed by atoms with Gasteiger partial charge in [0.1, 0.15) is 11.8 Å². The highest BCUT2D eigenvalue weighted by atomic mass is 35.5. The van der Waals surface area contributed by atoms with Gasteiger partial charge in [-0.2, -0.15) is 0 Å². The van der Waals surface area contributed by atoms with Crippen LogP contribution in [0.4, 0.5) is 0 Å². The van der Waals surface area contributed by atoms with Gasteiger partial charge in [-0.15, -0.1) is 0 Å². The van der Waals surface area contributed by atoms with Crippen molar-refractivity contribution in [2.75, 3.05) is 7.11 Å². The number of benzene rings is 1. The molecule has 1 atom stereocenters. The molecular formula is C18H23ClN2O2. The zero-order chi connectivity index (χ0) is 16.7. The van der Waals surface area contributed by atoms with Crippen LogP contribution in [0, 0.1) is 0 Å². The quantitative estimate of drug-likeness (QED) is 0.734. The number of aromatic nitrogens is 1. The van der Waals surface area contributed by atoms with E-state index in [-0.39, 0.29) is 0 Å². The standard InChI is InChI=1S/C18H23ClN2O2/c1-4-13(2)20-10-14-5-7-16(17(9-14)22-3)23-12-15-6-8-18(19)21-11-15/h5-9,11,13,20H,4,10,12H2,1-3H3. The third-order valence-corrected chi connectivity index (χ3v) is 3.90. The Kier molecular flexibility index (Phi) is 6.68. The van der Waals surface area contributed by atoms with Gasteiger partial charge in [0.05, 0.1) is 7.11 Å². The summed E-state index contributed by atoms with van der Waals surface area (Å²) in [5.74, 6) is 1.45. The van der Waals surface area contributed by atoms with Gasteiger partial charge in [-0.1, -0.05) is 30.7 Å². The minimum atomic E-state index is 0.422. The van der Waals surface area contributed by atoms with Gasteiger partial charge < -0.3 is 14.8 Å². The van der Waals surface area contributed by atoms with Crippen molar-refractivity contribution < 1.29 is 9.47 Å². The van der Waals surface area contributed by atoms with Gasteiger partial charge >= 0.3 is 0 Å². The molecule has 1 aromatic heterocycles. The lowest BCUT2D eigenvalue weighted by molar-refractivity contribution is 0.284. The van der Waals surface area contributed by atoms with Crippen LogP contribution in [0.15, 0.2) is 36.5 Å². The molecule has 2 aromatic rings. The van der Waals surface area contributed by atoms with E-state index in [0.717, 1.165) is 30.0 Å². The topological polar surface area (TPSA) is 43.4 Å². The van der Waals surface area contributed by atoms with Gasteiger partial charge in [-0.25, -0.2) is 4.98 Å². The maximum absolute atomic E-state index is 5.83. The summed E-state index contributed by atoms with van der Waals surface area (Å²) >= 11 is 5.78. The van der Waals surface area contributed by atoms with E-state index in [2.05, 4.69) is 24.1 Å². The molecule has 0 saturated carbocycles. The van der Waals surface area contributed by atoms with E-state index in [4.69, 9.17) is 21.1 Å². The number of pyridine rings is 1. The Morgan fingerprint density at radius 3 is 2.61 bits per heavy atom. The van der Waals surface area contributed by atoms with E-state index >= 15 is 0 Å². The SMILES string of the molecule is CCC(C)NCc1ccc(OCc2ccc(Cl)nc2)c(OC)c1. The third-order valence-electron chi connectivity index (χ3n) is 3.68. The first kappa shape index (κ1) is 17.6. The Morgan fingerprint density at radius 2 is 1.96 bits per heavy atom. The molecule has 0 bridgehead atoms. The highest BCUT2D eigenvalue weighted by Crippen LogP contribution is 2.29. The summed E-state index contributed by atoms with van der Waals surface area (Å²) in [6.07, 6.45) is 2.81. The van der Waals surface area contributed by atoms with Crippen molar-refractivity contribution in [1.82, 2.24) is 10.3 Å². The fraction of sp³-hybridized carbons (Fsp3) is 0.389. The van der Waals surface area contributed by atoms with Crippen LogP contribution < -0.4 is 14.8 Å². The van der Waals surface area contributed by atoms with Crippen LogP contribution in [-0.2, 0) is 13.2 Å². The van der Waals surface area contributed by atoms with Crippen LogP contribution in [0.25, 0.3) is 0 Å². The van der Waals surface area contributed by atoms with E-state index in [1.807, 2.05) is 24.3 Å². The molecular weight excluding hydrogens is 312 g/mol. The fourth-order valence-electron chi connectivity index (χ4n) is 2.03. The Labute approximate surface area is 142 Å². The normalized spacial score (nSPS) is 12.0. The molecule has 0 radical (unpaired) electrons. The van der Waals surface area contributed by atoms with Crippen LogP contribution in [0.2, 0.25) is 5.15 Å². The first-order valence-corrected chi connectivity index (χ1v) is 8.13. The zero-order valence-electron chi connectivity index (χ0n) is 13.8. The van der Waals surface area contributed by atoms with Crippen molar-refractivity contribution in [3.8, 4) is 11.5 Å². The highest BCUT2D eigenvalue weighted by molar-refractivity contribution is 6.29. The molecule has 2 rings (SSSR count). The highest BCUT2D eigenvalue weighted by Gasteiger charge is 2.07. The van der Waals surface area contributed by atoms with Crippen molar-refractivity contribution in [2.24, 2.45) is 0 Å². The first-order valence-electron chi connectivity index (χ1n) is 7.76. The summed E-state index contributed by atoms with van der Waals surface area (Å²) in [5.41, 5.74) is 2.13. The van der Waals surface area contributed by atoms with Gasteiger partial charge in [0, 0.05) is 24.3 Å². The minimum Gasteiger partial charge on any atom is -0.493 e. The predicted octanol–water partition coefficient (Wildman–Crippen LogP) is 4.21. The largest absolute Gasteiger partial charge is 0.493 e. The van der Waals surface area contributed by atoms with Crippen LogP contribution in [0.3, 0.4) is 0 Å². The number of hydrogen-bond acceptors (Lipinski definition) is 4. The van der Waals surface area contributed by atoms with E-state index in [9.17, 15) is 0 Å². The fourth-order valence-corrected chi connectivity index (χ4v) is 2.14. The number of ether oxygens (including phenoxy) is 2. The van der Waals surface area contributed by atoms with Gasteiger partial charge in [0.2, 0.25) is 0 Å². The predicted molar refractivity (Wildman–Crippen MR) is 93.2 cm³/mol. The summed E-state index contributed by atoms with van der Waals surface area (Å²) in [6, 6.07) is 10.1. The van der Waals surface area contributed by atoms with Crippen molar-refractivity contribution in [2.45, 2.75) is 39.5 Å². The monoisotopic (exact) mass is 334 g/mol. The summed E-state index contributed by atoms with van der Waals surface area (Å²) in [4.78, 5) is 4.04. The van der Waals surface area contributed by atoms with E-state index in [0.29, 0.717) is 17.8 Å². The lowest BCUT2D eigenvalue weighted by Crippen LogP contribution is -2.24. The number of halogens is 1. The molecule has 4 nitrogen and oxygen atoms in total. The second-order valence-electron chi connectivity index (χ2n) is 5.45. The average molecular weight is 335 g/mol. The Bertz CT molecular complexity index is 617. The van der Waals surface area contributed by atoms with Crippen LogP contribution in [0.1, 0.15) is 31.4 Å². The molecule has 0 aliphatic carbocycles. The summed E-state index contributed by atoms with van der Waals surface area (Å²) in [7, 11) is 1.65. The number of hydrogen-bond donors (Lipinski definition) is 1. The van der Waals surface area contributed by atoms with Crippen LogP contribution in [-0.4, -0.2) is 18.1 Å². The smallest absolute Gasteiger partial charge is 0.161 e. The van der Waals surface area contributed by atoms with E-state index in [1.54, 1.807) is 19.4 Å². The van der Waals surface area contributed by atoms with Crippen LogP contribution >= 0.6 is 11.6 Å². The molecule has 0 aliphatic heterocycles. The summed E-state index contributed by atoms with van der Waals surface area (Å²) in [6.45, 7) is 5.58. The number of rotatable bonds is 8. The molecule has 1 heterocycles. The summed E-state index contributed by atoms with van der Waals surface area (Å²) < 4.78 is 11.3.